The van der Waals surface area contributed by atoms with Gasteiger partial charge in [-0.25, -0.2) is 4.79 Å². The second kappa shape index (κ2) is 5.13. The molecule has 0 N–H and O–H groups in total. The molecule has 0 aromatic rings. The van der Waals surface area contributed by atoms with E-state index in [2.05, 4.69) is 6.58 Å². The fraction of sp³-hybridized carbons (Fsp3) is 0.800. The number of rotatable bonds is 4. The molecule has 0 aromatic carbocycles. The van der Waals surface area contributed by atoms with Crippen LogP contribution in [0, 0.1) is 5.92 Å². The summed E-state index contributed by atoms with van der Waals surface area (Å²) >= 11 is 0. The first kappa shape index (κ1) is 15.5. The third-order valence-electron chi connectivity index (χ3n) is 4.20. The summed E-state index contributed by atoms with van der Waals surface area (Å²) in [5.41, 5.74) is -0.438. The Labute approximate surface area is 120 Å². The van der Waals surface area contributed by atoms with E-state index < -0.39 is 23.6 Å². The second-order valence-corrected chi connectivity index (χ2v) is 5.82. The Hall–Kier alpha value is -0.910. The van der Waals surface area contributed by atoms with Crippen molar-refractivity contribution in [3.63, 3.8) is 0 Å². The van der Waals surface area contributed by atoms with Gasteiger partial charge in [0.05, 0.1) is 12.2 Å². The Morgan fingerprint density at radius 3 is 2.40 bits per heavy atom. The van der Waals surface area contributed by atoms with Crippen molar-refractivity contribution in [2.24, 2.45) is 5.92 Å². The van der Waals surface area contributed by atoms with E-state index in [1.165, 1.54) is 0 Å². The van der Waals surface area contributed by atoms with Crippen molar-refractivity contribution in [2.45, 2.75) is 64.8 Å². The minimum Gasteiger partial charge on any atom is -0.463 e. The van der Waals surface area contributed by atoms with E-state index in [0.717, 1.165) is 0 Å². The molecule has 2 aliphatic rings. The molecule has 0 amide bonds. The molecule has 5 nitrogen and oxygen atoms in total. The highest BCUT2D eigenvalue weighted by atomic mass is 16.8. The highest BCUT2D eigenvalue weighted by Crippen LogP contribution is 2.50. The number of esters is 1. The van der Waals surface area contributed by atoms with Gasteiger partial charge in [0.1, 0.15) is 11.7 Å². The first-order valence-corrected chi connectivity index (χ1v) is 7.17. The lowest BCUT2D eigenvalue weighted by molar-refractivity contribution is -0.225. The summed E-state index contributed by atoms with van der Waals surface area (Å²) in [6.45, 7) is 13.7. The Kier molecular flexibility index (Phi) is 3.97. The molecule has 0 aliphatic carbocycles. The summed E-state index contributed by atoms with van der Waals surface area (Å²) in [5, 5.41) is 0. The maximum Gasteiger partial charge on any atom is 0.336 e. The van der Waals surface area contributed by atoms with Crippen molar-refractivity contribution in [1.82, 2.24) is 0 Å². The molecule has 0 unspecified atom stereocenters. The van der Waals surface area contributed by atoms with Gasteiger partial charge in [0.2, 0.25) is 0 Å². The molecule has 2 fully saturated rings. The molecule has 2 aliphatic heterocycles. The standard InChI is InChI=1S/C15H24O5/c1-7-15(10(4)12(16)17-8-2)9(3)11-13(20-15)19-14(5,6)18-11/h9,11,13H,4,7-8H2,1-3,5-6H3/t9-,11-,13+,15+/m1/s1. The third-order valence-corrected chi connectivity index (χ3v) is 4.20. The summed E-state index contributed by atoms with van der Waals surface area (Å²) in [4.78, 5) is 12.0. The quantitative estimate of drug-likeness (QED) is 0.586. The second-order valence-electron chi connectivity index (χ2n) is 5.82. The number of hydrogen-bond donors (Lipinski definition) is 0. The normalized spacial score (nSPS) is 38.5. The Balaban J connectivity index is 2.22. The van der Waals surface area contributed by atoms with Crippen molar-refractivity contribution >= 4 is 5.97 Å². The summed E-state index contributed by atoms with van der Waals surface area (Å²) in [5.74, 6) is -1.11. The van der Waals surface area contributed by atoms with E-state index in [9.17, 15) is 4.79 Å². The number of carbonyl (C=O) groups is 1. The predicted octanol–water partition coefficient (Wildman–Crippen LogP) is 2.40. The molecule has 114 valence electrons. The molecular formula is C15H24O5. The fourth-order valence-corrected chi connectivity index (χ4v) is 3.12. The molecule has 20 heavy (non-hydrogen) atoms. The number of carbonyl (C=O) groups excluding carboxylic acids is 1. The van der Waals surface area contributed by atoms with Crippen LogP contribution in [0.5, 0.6) is 0 Å². The first-order chi connectivity index (χ1) is 9.27. The van der Waals surface area contributed by atoms with Crippen LogP contribution >= 0.6 is 0 Å². The van der Waals surface area contributed by atoms with Crippen LogP contribution in [0.2, 0.25) is 0 Å². The summed E-state index contributed by atoms with van der Waals surface area (Å²) < 4.78 is 22.7. The minimum absolute atomic E-state index is 0.0313. The van der Waals surface area contributed by atoms with E-state index in [1.807, 2.05) is 27.7 Å². The predicted molar refractivity (Wildman–Crippen MR) is 72.9 cm³/mol. The average molecular weight is 284 g/mol. The van der Waals surface area contributed by atoms with E-state index in [1.54, 1.807) is 6.92 Å². The van der Waals surface area contributed by atoms with Crippen molar-refractivity contribution < 1.29 is 23.7 Å². The molecule has 0 aromatic heterocycles. The minimum atomic E-state index is -0.780. The maximum atomic E-state index is 12.0. The summed E-state index contributed by atoms with van der Waals surface area (Å²) in [7, 11) is 0. The van der Waals surface area contributed by atoms with E-state index in [4.69, 9.17) is 18.9 Å². The fourth-order valence-electron chi connectivity index (χ4n) is 3.12. The van der Waals surface area contributed by atoms with Crippen LogP contribution in [-0.2, 0) is 23.7 Å². The molecule has 0 radical (unpaired) electrons. The van der Waals surface area contributed by atoms with Gasteiger partial charge < -0.3 is 18.9 Å². The Morgan fingerprint density at radius 2 is 1.90 bits per heavy atom. The van der Waals surface area contributed by atoms with Crippen LogP contribution in [0.3, 0.4) is 0 Å². The van der Waals surface area contributed by atoms with Gasteiger partial charge in [-0.05, 0) is 27.2 Å². The Bertz CT molecular complexity index is 416. The Morgan fingerprint density at radius 1 is 1.25 bits per heavy atom. The van der Waals surface area contributed by atoms with Gasteiger partial charge in [-0.1, -0.05) is 20.4 Å². The van der Waals surface area contributed by atoms with Crippen molar-refractivity contribution in [2.75, 3.05) is 6.61 Å². The van der Waals surface area contributed by atoms with Crippen LogP contribution < -0.4 is 0 Å². The topological polar surface area (TPSA) is 54.0 Å². The molecule has 2 saturated heterocycles. The molecule has 2 heterocycles. The van der Waals surface area contributed by atoms with E-state index in [-0.39, 0.29) is 12.0 Å². The summed E-state index contributed by atoms with van der Waals surface area (Å²) in [6.07, 6.45) is -0.0476. The number of hydrogen-bond acceptors (Lipinski definition) is 5. The van der Waals surface area contributed by atoms with Gasteiger partial charge >= 0.3 is 5.97 Å². The average Bonchev–Trinajstić information content (AvgIpc) is 2.81. The lowest BCUT2D eigenvalue weighted by Gasteiger charge is -2.35. The van der Waals surface area contributed by atoms with Crippen LogP contribution in [0.15, 0.2) is 12.2 Å². The van der Waals surface area contributed by atoms with Crippen LogP contribution in [0.4, 0.5) is 0 Å². The van der Waals surface area contributed by atoms with Gasteiger partial charge in [-0.15, -0.1) is 0 Å². The highest BCUT2D eigenvalue weighted by Gasteiger charge is 2.61. The maximum absolute atomic E-state index is 12.0. The largest absolute Gasteiger partial charge is 0.463 e. The summed E-state index contributed by atoms with van der Waals surface area (Å²) in [6, 6.07) is 0. The monoisotopic (exact) mass is 284 g/mol. The van der Waals surface area contributed by atoms with Crippen molar-refractivity contribution in [3.8, 4) is 0 Å². The molecule has 5 heteroatoms. The molecule has 4 atom stereocenters. The lowest BCUT2D eigenvalue weighted by Crippen LogP contribution is -2.43. The molecule has 0 saturated carbocycles. The zero-order chi connectivity index (χ0) is 15.1. The first-order valence-electron chi connectivity index (χ1n) is 7.17. The zero-order valence-corrected chi connectivity index (χ0v) is 12.9. The van der Waals surface area contributed by atoms with Gasteiger partial charge in [-0.2, -0.15) is 0 Å². The van der Waals surface area contributed by atoms with E-state index in [0.29, 0.717) is 18.6 Å². The number of ether oxygens (including phenoxy) is 4. The lowest BCUT2D eigenvalue weighted by atomic mass is 9.79. The molecule has 0 bridgehead atoms. The van der Waals surface area contributed by atoms with Gasteiger partial charge in [-0.3, -0.25) is 0 Å². The van der Waals surface area contributed by atoms with Gasteiger partial charge in [0.25, 0.3) is 0 Å². The van der Waals surface area contributed by atoms with Crippen molar-refractivity contribution in [1.29, 1.82) is 0 Å². The SMILES string of the molecule is C=C(C(=O)OCC)[C@@]1(CC)O[C@@H]2OC(C)(C)O[C@@H]2[C@H]1C. The zero-order valence-electron chi connectivity index (χ0n) is 12.9. The molecular weight excluding hydrogens is 260 g/mol. The van der Waals surface area contributed by atoms with Gasteiger partial charge in [0.15, 0.2) is 12.1 Å². The van der Waals surface area contributed by atoms with Crippen molar-refractivity contribution in [3.05, 3.63) is 12.2 Å². The van der Waals surface area contributed by atoms with Gasteiger partial charge in [0, 0.05) is 5.92 Å². The smallest absolute Gasteiger partial charge is 0.336 e. The molecule has 2 rings (SSSR count). The van der Waals surface area contributed by atoms with E-state index >= 15 is 0 Å². The van der Waals surface area contributed by atoms with Crippen LogP contribution in [-0.4, -0.2) is 36.4 Å². The van der Waals surface area contributed by atoms with Crippen LogP contribution in [0.1, 0.15) is 41.0 Å². The third kappa shape index (κ3) is 2.28. The molecule has 0 spiro atoms. The number of fused-ring (bicyclic) bond motifs is 1. The highest BCUT2D eigenvalue weighted by molar-refractivity contribution is 5.90. The van der Waals surface area contributed by atoms with Crippen LogP contribution in [0.25, 0.3) is 0 Å².